The number of aryl methyl sites for hydroxylation is 1. The Morgan fingerprint density at radius 2 is 1.90 bits per heavy atom. The van der Waals surface area contributed by atoms with Gasteiger partial charge in [0.25, 0.3) is 0 Å². The maximum Gasteiger partial charge on any atom is 0.129 e. The molecule has 0 radical (unpaired) electrons. The van der Waals surface area contributed by atoms with Gasteiger partial charge in [0, 0.05) is 25.3 Å². The molecule has 1 aromatic heterocycles. The smallest absolute Gasteiger partial charge is 0.129 e. The topological polar surface area (TPSA) is 28.2 Å². The molecule has 1 N–H and O–H groups in total. The normalized spacial score (nSPS) is 22.9. The second kappa shape index (κ2) is 7.26. The first-order valence-electron chi connectivity index (χ1n) is 8.37. The van der Waals surface area contributed by atoms with Crippen LogP contribution in [0.15, 0.2) is 12.1 Å². The van der Waals surface area contributed by atoms with Gasteiger partial charge in [-0.25, -0.2) is 4.98 Å². The number of nitrogens with zero attached hydrogens (tertiary/aromatic N) is 2. The summed E-state index contributed by atoms with van der Waals surface area (Å²) in [6.45, 7) is 15.6. The quantitative estimate of drug-likeness (QED) is 0.897. The highest BCUT2D eigenvalue weighted by atomic mass is 15.2. The summed E-state index contributed by atoms with van der Waals surface area (Å²) in [4.78, 5) is 7.24. The highest BCUT2D eigenvalue weighted by molar-refractivity contribution is 5.43. The van der Waals surface area contributed by atoms with Gasteiger partial charge in [0.15, 0.2) is 0 Å². The molecule has 0 aliphatic carbocycles. The Kier molecular flexibility index (Phi) is 5.63. The van der Waals surface area contributed by atoms with E-state index < -0.39 is 0 Å². The van der Waals surface area contributed by atoms with Crippen LogP contribution in [0.1, 0.15) is 45.4 Å². The summed E-state index contributed by atoms with van der Waals surface area (Å²) in [7, 11) is 0. The molecule has 1 aliphatic heterocycles. The molecule has 2 atom stereocenters. The molecule has 1 saturated heterocycles. The Bertz CT molecular complexity index is 446. The molecule has 118 valence electrons. The number of hydrogen-bond donors (Lipinski definition) is 1. The average Bonchev–Trinajstić information content (AvgIpc) is 2.36. The number of pyridine rings is 1. The van der Waals surface area contributed by atoms with E-state index in [2.05, 4.69) is 57.0 Å². The molecule has 1 fully saturated rings. The maximum atomic E-state index is 4.77. The lowest BCUT2D eigenvalue weighted by atomic mass is 9.92. The lowest BCUT2D eigenvalue weighted by Crippen LogP contribution is -2.39. The van der Waals surface area contributed by atoms with E-state index in [9.17, 15) is 0 Å². The van der Waals surface area contributed by atoms with E-state index in [1.807, 2.05) is 0 Å². The first-order valence-corrected chi connectivity index (χ1v) is 8.37. The minimum atomic E-state index is 0.691. The van der Waals surface area contributed by atoms with Crippen molar-refractivity contribution in [1.82, 2.24) is 10.3 Å². The molecule has 1 aromatic rings. The van der Waals surface area contributed by atoms with Crippen LogP contribution < -0.4 is 10.2 Å². The van der Waals surface area contributed by atoms with Crippen LogP contribution in [0.5, 0.6) is 0 Å². The largest absolute Gasteiger partial charge is 0.356 e. The van der Waals surface area contributed by atoms with Crippen LogP contribution in [0.25, 0.3) is 0 Å². The molecule has 2 heterocycles. The summed E-state index contributed by atoms with van der Waals surface area (Å²) >= 11 is 0. The molecule has 0 bridgehead atoms. The molecule has 2 unspecified atom stereocenters. The van der Waals surface area contributed by atoms with Crippen molar-refractivity contribution in [2.24, 2.45) is 17.8 Å². The summed E-state index contributed by atoms with van der Waals surface area (Å²) in [5, 5.41) is 3.53. The van der Waals surface area contributed by atoms with Gasteiger partial charge in [-0.1, -0.05) is 27.7 Å². The van der Waals surface area contributed by atoms with Gasteiger partial charge in [-0.15, -0.1) is 0 Å². The van der Waals surface area contributed by atoms with Crippen molar-refractivity contribution in [3.8, 4) is 0 Å². The van der Waals surface area contributed by atoms with Gasteiger partial charge in [-0.05, 0) is 55.3 Å². The second-order valence-corrected chi connectivity index (χ2v) is 7.35. The number of rotatable bonds is 5. The molecule has 0 saturated carbocycles. The van der Waals surface area contributed by atoms with Crippen LogP contribution in [0.4, 0.5) is 5.82 Å². The Labute approximate surface area is 130 Å². The van der Waals surface area contributed by atoms with Crippen molar-refractivity contribution in [2.75, 3.05) is 24.5 Å². The minimum Gasteiger partial charge on any atom is -0.356 e. The maximum absolute atomic E-state index is 4.77. The Morgan fingerprint density at radius 3 is 2.52 bits per heavy atom. The molecule has 0 amide bonds. The van der Waals surface area contributed by atoms with Crippen molar-refractivity contribution in [3.63, 3.8) is 0 Å². The van der Waals surface area contributed by atoms with Crippen LogP contribution in [0.3, 0.4) is 0 Å². The number of piperidine rings is 1. The zero-order chi connectivity index (χ0) is 15.4. The van der Waals surface area contributed by atoms with E-state index in [0.717, 1.165) is 49.5 Å². The van der Waals surface area contributed by atoms with Gasteiger partial charge < -0.3 is 10.2 Å². The number of aromatic nitrogens is 1. The summed E-state index contributed by atoms with van der Waals surface area (Å²) in [5.74, 6) is 3.38. The number of nitrogens with one attached hydrogen (secondary N) is 1. The van der Waals surface area contributed by atoms with Crippen LogP contribution in [-0.2, 0) is 6.54 Å². The lowest BCUT2D eigenvalue weighted by Gasteiger charge is -2.36. The van der Waals surface area contributed by atoms with Crippen molar-refractivity contribution in [1.29, 1.82) is 0 Å². The fraction of sp³-hybridized carbons (Fsp3) is 0.722. The van der Waals surface area contributed by atoms with Crippen LogP contribution in [0.2, 0.25) is 0 Å². The van der Waals surface area contributed by atoms with E-state index in [-0.39, 0.29) is 0 Å². The zero-order valence-corrected chi connectivity index (χ0v) is 14.3. The lowest BCUT2D eigenvalue weighted by molar-refractivity contribution is 0.355. The fourth-order valence-electron chi connectivity index (χ4n) is 3.34. The standard InChI is InChI=1S/C18H31N3/c1-13(2)9-19-10-17-7-16(5)20-18(8-17)21-11-14(3)6-15(4)12-21/h7-8,13-15,19H,6,9-12H2,1-5H3. The van der Waals surface area contributed by atoms with Gasteiger partial charge in [-0.3, -0.25) is 0 Å². The summed E-state index contributed by atoms with van der Waals surface area (Å²) < 4.78 is 0. The van der Waals surface area contributed by atoms with Crippen LogP contribution >= 0.6 is 0 Å². The van der Waals surface area contributed by atoms with Gasteiger partial charge in [0.05, 0.1) is 0 Å². The van der Waals surface area contributed by atoms with E-state index in [0.29, 0.717) is 5.92 Å². The van der Waals surface area contributed by atoms with Gasteiger partial charge in [0.2, 0.25) is 0 Å². The van der Waals surface area contributed by atoms with Crippen LogP contribution in [0, 0.1) is 24.7 Å². The fourth-order valence-corrected chi connectivity index (χ4v) is 3.34. The van der Waals surface area contributed by atoms with E-state index >= 15 is 0 Å². The molecule has 0 spiro atoms. The van der Waals surface area contributed by atoms with Gasteiger partial charge in [0.1, 0.15) is 5.82 Å². The van der Waals surface area contributed by atoms with Crippen molar-refractivity contribution < 1.29 is 0 Å². The predicted octanol–water partition coefficient (Wildman–Crippen LogP) is 3.62. The minimum absolute atomic E-state index is 0.691. The first-order chi connectivity index (χ1) is 9.94. The first kappa shape index (κ1) is 16.3. The monoisotopic (exact) mass is 289 g/mol. The highest BCUT2D eigenvalue weighted by Gasteiger charge is 2.23. The Morgan fingerprint density at radius 1 is 1.24 bits per heavy atom. The van der Waals surface area contributed by atoms with Crippen molar-refractivity contribution >= 4 is 5.82 Å². The molecular formula is C18H31N3. The third-order valence-corrected chi connectivity index (χ3v) is 4.07. The van der Waals surface area contributed by atoms with E-state index in [1.54, 1.807) is 0 Å². The Hall–Kier alpha value is -1.09. The average molecular weight is 289 g/mol. The SMILES string of the molecule is Cc1cc(CNCC(C)C)cc(N2CC(C)CC(C)C2)n1. The molecule has 0 aromatic carbocycles. The highest BCUT2D eigenvalue weighted by Crippen LogP contribution is 2.25. The van der Waals surface area contributed by atoms with Crippen molar-refractivity contribution in [3.05, 3.63) is 23.4 Å². The molecular weight excluding hydrogens is 258 g/mol. The number of hydrogen-bond acceptors (Lipinski definition) is 3. The molecule has 21 heavy (non-hydrogen) atoms. The summed E-state index contributed by atoms with van der Waals surface area (Å²) in [6, 6.07) is 4.47. The molecule has 3 heteroatoms. The third-order valence-electron chi connectivity index (χ3n) is 4.07. The third kappa shape index (κ3) is 4.99. The summed E-state index contributed by atoms with van der Waals surface area (Å²) in [5.41, 5.74) is 2.48. The van der Waals surface area contributed by atoms with E-state index in [1.165, 1.54) is 12.0 Å². The van der Waals surface area contributed by atoms with Crippen molar-refractivity contribution in [2.45, 2.75) is 47.6 Å². The zero-order valence-electron chi connectivity index (χ0n) is 14.3. The molecule has 2 rings (SSSR count). The second-order valence-electron chi connectivity index (χ2n) is 7.35. The summed E-state index contributed by atoms with van der Waals surface area (Å²) in [6.07, 6.45) is 1.34. The molecule has 1 aliphatic rings. The van der Waals surface area contributed by atoms with Crippen LogP contribution in [-0.4, -0.2) is 24.6 Å². The number of anilines is 1. The van der Waals surface area contributed by atoms with E-state index in [4.69, 9.17) is 4.98 Å². The van der Waals surface area contributed by atoms with Gasteiger partial charge in [-0.2, -0.15) is 0 Å². The molecule has 3 nitrogen and oxygen atoms in total. The Balaban J connectivity index is 2.07. The van der Waals surface area contributed by atoms with Gasteiger partial charge >= 0.3 is 0 Å². The predicted molar refractivity (Wildman–Crippen MR) is 90.7 cm³/mol.